The lowest BCUT2D eigenvalue weighted by molar-refractivity contribution is -0.121. The minimum absolute atomic E-state index is 0.000833. The van der Waals surface area contributed by atoms with Crippen molar-refractivity contribution in [2.45, 2.75) is 31.7 Å². The minimum atomic E-state index is -0.770. The molecule has 0 N–H and O–H groups in total. The SMILES string of the molecule is C=C(C)CC1C(=O)CCC1C(C#N)(c1ccccc1)N(C)C. The molecule has 0 heterocycles. The van der Waals surface area contributed by atoms with Crippen molar-refractivity contribution in [1.82, 2.24) is 4.90 Å². The molecule has 1 aliphatic rings. The Morgan fingerprint density at radius 2 is 2.05 bits per heavy atom. The number of Topliss-reactive ketones (excluding diaryl/α,β-unsaturated/α-hetero) is 1. The van der Waals surface area contributed by atoms with Crippen LogP contribution in [0.5, 0.6) is 0 Å². The average molecular weight is 296 g/mol. The van der Waals surface area contributed by atoms with Gasteiger partial charge in [-0.1, -0.05) is 35.9 Å². The van der Waals surface area contributed by atoms with Crippen molar-refractivity contribution in [2.24, 2.45) is 11.8 Å². The first-order chi connectivity index (χ1) is 10.4. The quantitative estimate of drug-likeness (QED) is 0.781. The van der Waals surface area contributed by atoms with E-state index in [1.807, 2.05) is 56.3 Å². The van der Waals surface area contributed by atoms with Crippen molar-refractivity contribution in [1.29, 1.82) is 5.26 Å². The molecule has 2 rings (SSSR count). The van der Waals surface area contributed by atoms with Crippen LogP contribution in [0.15, 0.2) is 42.5 Å². The lowest BCUT2D eigenvalue weighted by atomic mass is 9.71. The zero-order chi connectivity index (χ0) is 16.3. The Bertz CT molecular complexity index is 600. The normalized spacial score (nSPS) is 24.0. The topological polar surface area (TPSA) is 44.1 Å². The van der Waals surface area contributed by atoms with Gasteiger partial charge in [-0.25, -0.2) is 0 Å². The molecule has 0 amide bonds. The van der Waals surface area contributed by atoms with Crippen molar-refractivity contribution in [2.75, 3.05) is 14.1 Å². The van der Waals surface area contributed by atoms with Gasteiger partial charge in [-0.3, -0.25) is 9.69 Å². The van der Waals surface area contributed by atoms with Gasteiger partial charge in [-0.05, 0) is 39.4 Å². The summed E-state index contributed by atoms with van der Waals surface area (Å²) in [5.41, 5.74) is 1.20. The van der Waals surface area contributed by atoms with Gasteiger partial charge in [0.15, 0.2) is 0 Å². The first-order valence-electron chi connectivity index (χ1n) is 7.74. The summed E-state index contributed by atoms with van der Waals surface area (Å²) >= 11 is 0. The van der Waals surface area contributed by atoms with E-state index in [-0.39, 0.29) is 17.6 Å². The Morgan fingerprint density at radius 1 is 1.41 bits per heavy atom. The van der Waals surface area contributed by atoms with E-state index in [1.54, 1.807) is 0 Å². The molecule has 0 bridgehead atoms. The van der Waals surface area contributed by atoms with Gasteiger partial charge < -0.3 is 0 Å². The molecule has 3 heteroatoms. The fourth-order valence-corrected chi connectivity index (χ4v) is 3.78. The molecule has 0 saturated heterocycles. The number of nitriles is 1. The van der Waals surface area contributed by atoms with Crippen LogP contribution in [0.3, 0.4) is 0 Å². The smallest absolute Gasteiger partial charge is 0.137 e. The summed E-state index contributed by atoms with van der Waals surface area (Å²) in [7, 11) is 3.85. The molecule has 1 aromatic rings. The van der Waals surface area contributed by atoms with E-state index in [4.69, 9.17) is 0 Å². The highest BCUT2D eigenvalue weighted by Crippen LogP contribution is 2.47. The van der Waals surface area contributed by atoms with Crippen LogP contribution in [-0.2, 0) is 10.3 Å². The summed E-state index contributed by atoms with van der Waals surface area (Å²) in [5, 5.41) is 10.1. The molecule has 0 spiro atoms. The molecular weight excluding hydrogens is 272 g/mol. The number of nitrogens with zero attached hydrogens (tertiary/aromatic N) is 2. The Morgan fingerprint density at radius 3 is 2.55 bits per heavy atom. The summed E-state index contributed by atoms with van der Waals surface area (Å²) in [5.74, 6) is 0.157. The molecule has 0 radical (unpaired) electrons. The second-order valence-corrected chi connectivity index (χ2v) is 6.52. The van der Waals surface area contributed by atoms with Crippen molar-refractivity contribution in [3.63, 3.8) is 0 Å². The van der Waals surface area contributed by atoms with E-state index >= 15 is 0 Å². The van der Waals surface area contributed by atoms with E-state index in [1.165, 1.54) is 0 Å². The Balaban J connectivity index is 2.53. The third kappa shape index (κ3) is 2.71. The van der Waals surface area contributed by atoms with Crippen LogP contribution >= 0.6 is 0 Å². The lowest BCUT2D eigenvalue weighted by Gasteiger charge is -2.41. The highest BCUT2D eigenvalue weighted by Gasteiger charge is 2.51. The van der Waals surface area contributed by atoms with Gasteiger partial charge in [0.1, 0.15) is 11.3 Å². The zero-order valence-electron chi connectivity index (χ0n) is 13.7. The first kappa shape index (κ1) is 16.5. The largest absolute Gasteiger partial charge is 0.299 e. The van der Waals surface area contributed by atoms with Crippen LogP contribution in [0.25, 0.3) is 0 Å². The molecule has 1 aromatic carbocycles. The van der Waals surface area contributed by atoms with Crippen molar-refractivity contribution < 1.29 is 4.79 Å². The van der Waals surface area contributed by atoms with Gasteiger partial charge in [0.25, 0.3) is 0 Å². The summed E-state index contributed by atoms with van der Waals surface area (Å²) in [4.78, 5) is 14.3. The van der Waals surface area contributed by atoms with Crippen LogP contribution < -0.4 is 0 Å². The van der Waals surface area contributed by atoms with E-state index in [2.05, 4.69) is 12.6 Å². The number of hydrogen-bond acceptors (Lipinski definition) is 3. The third-order valence-corrected chi connectivity index (χ3v) is 4.80. The molecule has 3 unspecified atom stereocenters. The first-order valence-corrected chi connectivity index (χ1v) is 7.74. The number of rotatable bonds is 5. The Kier molecular flexibility index (Phi) is 4.83. The lowest BCUT2D eigenvalue weighted by Crippen LogP contribution is -2.48. The molecule has 3 atom stereocenters. The summed E-state index contributed by atoms with van der Waals surface area (Å²) in [6.45, 7) is 5.92. The van der Waals surface area contributed by atoms with Crippen LogP contribution in [0, 0.1) is 23.2 Å². The maximum absolute atomic E-state index is 12.4. The number of carbonyl (C=O) groups is 1. The van der Waals surface area contributed by atoms with Gasteiger partial charge in [-0.15, -0.1) is 6.58 Å². The van der Waals surface area contributed by atoms with E-state index in [0.29, 0.717) is 12.8 Å². The molecule has 1 saturated carbocycles. The number of carbonyl (C=O) groups excluding carboxylic acids is 1. The van der Waals surface area contributed by atoms with Gasteiger partial charge in [0.2, 0.25) is 0 Å². The summed E-state index contributed by atoms with van der Waals surface area (Å²) in [6.07, 6.45) is 2.00. The highest BCUT2D eigenvalue weighted by atomic mass is 16.1. The van der Waals surface area contributed by atoms with E-state index in [0.717, 1.165) is 17.6 Å². The summed E-state index contributed by atoms with van der Waals surface area (Å²) in [6, 6.07) is 12.4. The number of ketones is 1. The molecule has 116 valence electrons. The number of hydrogen-bond donors (Lipinski definition) is 0. The second kappa shape index (κ2) is 6.46. The zero-order valence-corrected chi connectivity index (χ0v) is 13.7. The molecular formula is C19H24N2O. The van der Waals surface area contributed by atoms with Crippen molar-refractivity contribution in [3.05, 3.63) is 48.0 Å². The fraction of sp³-hybridized carbons (Fsp3) is 0.474. The van der Waals surface area contributed by atoms with E-state index in [9.17, 15) is 10.1 Å². The van der Waals surface area contributed by atoms with Gasteiger partial charge >= 0.3 is 0 Å². The predicted octanol–water partition coefficient (Wildman–Crippen LogP) is 3.53. The Labute approximate surface area is 133 Å². The highest BCUT2D eigenvalue weighted by molar-refractivity contribution is 5.84. The monoisotopic (exact) mass is 296 g/mol. The molecule has 1 aliphatic carbocycles. The maximum atomic E-state index is 12.4. The predicted molar refractivity (Wildman–Crippen MR) is 88.1 cm³/mol. The van der Waals surface area contributed by atoms with Crippen molar-refractivity contribution >= 4 is 5.78 Å². The van der Waals surface area contributed by atoms with Crippen molar-refractivity contribution in [3.8, 4) is 6.07 Å². The average Bonchev–Trinajstić information content (AvgIpc) is 2.83. The fourth-order valence-electron chi connectivity index (χ4n) is 3.78. The molecule has 3 nitrogen and oxygen atoms in total. The van der Waals surface area contributed by atoms with Gasteiger partial charge in [-0.2, -0.15) is 5.26 Å². The van der Waals surface area contributed by atoms with Crippen LogP contribution in [-0.4, -0.2) is 24.8 Å². The standard InChI is InChI=1S/C19H24N2O/c1-14(2)12-16-17(10-11-18(16)22)19(13-20,21(3)4)15-8-6-5-7-9-15/h5-9,16-17H,1,10-12H2,2-4H3. The second-order valence-electron chi connectivity index (χ2n) is 6.52. The Hall–Kier alpha value is -1.92. The minimum Gasteiger partial charge on any atom is -0.299 e. The third-order valence-electron chi connectivity index (χ3n) is 4.80. The number of allylic oxidation sites excluding steroid dienone is 1. The van der Waals surface area contributed by atoms with Gasteiger partial charge in [0, 0.05) is 18.3 Å². The van der Waals surface area contributed by atoms with E-state index < -0.39 is 5.54 Å². The molecule has 1 fully saturated rings. The summed E-state index contributed by atoms with van der Waals surface area (Å²) < 4.78 is 0. The van der Waals surface area contributed by atoms with Gasteiger partial charge in [0.05, 0.1) is 6.07 Å². The molecule has 0 aliphatic heterocycles. The number of benzene rings is 1. The van der Waals surface area contributed by atoms with Crippen LogP contribution in [0.2, 0.25) is 0 Å². The molecule has 22 heavy (non-hydrogen) atoms. The van der Waals surface area contributed by atoms with Crippen LogP contribution in [0.1, 0.15) is 31.7 Å². The van der Waals surface area contributed by atoms with Crippen LogP contribution in [0.4, 0.5) is 0 Å². The molecule has 0 aromatic heterocycles. The maximum Gasteiger partial charge on any atom is 0.137 e.